The van der Waals surface area contributed by atoms with Crippen molar-refractivity contribution in [2.75, 3.05) is 0 Å². The highest BCUT2D eigenvalue weighted by molar-refractivity contribution is 6.53. The van der Waals surface area contributed by atoms with Gasteiger partial charge in [-0.3, -0.25) is 0 Å². The van der Waals surface area contributed by atoms with Crippen molar-refractivity contribution in [3.05, 3.63) is 52.4 Å². The lowest BCUT2D eigenvalue weighted by molar-refractivity contribution is -0.143. The minimum atomic E-state index is -5.08. The number of aryl methyl sites for hydroxylation is 3. The molecular weight excluding hydrogens is 446 g/mol. The molecule has 0 spiro atoms. The molecule has 0 N–H and O–H groups in total. The van der Waals surface area contributed by atoms with Gasteiger partial charge in [-0.25, -0.2) is 15.3 Å². The SMILES string of the molecule is Cc1cc(C(F)(F)F)n([B-](n2nc(C(F)(F)F)cc2C)n2nc(C)cc2C(F)(F)F)n1. The van der Waals surface area contributed by atoms with E-state index in [-0.39, 0.29) is 26.3 Å². The number of hydrogen-bond acceptors (Lipinski definition) is 3. The van der Waals surface area contributed by atoms with Gasteiger partial charge in [0.05, 0.1) is 11.4 Å². The summed E-state index contributed by atoms with van der Waals surface area (Å²) in [5.74, 6) is 0. The number of aromatic nitrogens is 6. The Kier molecular flexibility index (Phi) is 5.17. The van der Waals surface area contributed by atoms with Crippen molar-refractivity contribution >= 4 is 7.12 Å². The molecule has 0 saturated heterocycles. The maximum atomic E-state index is 13.6. The monoisotopic (exact) mass is 458 g/mol. The average molecular weight is 458 g/mol. The number of hydrogen-bond donors (Lipinski definition) is 0. The summed E-state index contributed by atoms with van der Waals surface area (Å²) >= 11 is 0. The van der Waals surface area contributed by atoms with Crippen LogP contribution in [0.3, 0.4) is 0 Å². The van der Waals surface area contributed by atoms with Crippen molar-refractivity contribution in [3.63, 3.8) is 0 Å². The van der Waals surface area contributed by atoms with Crippen molar-refractivity contribution in [2.45, 2.75) is 39.3 Å². The van der Waals surface area contributed by atoms with Gasteiger partial charge >= 0.3 is 18.5 Å². The lowest BCUT2D eigenvalue weighted by Crippen LogP contribution is -2.48. The zero-order valence-corrected chi connectivity index (χ0v) is 15.9. The summed E-state index contributed by atoms with van der Waals surface area (Å²) in [5.41, 5.74) is -5.28. The van der Waals surface area contributed by atoms with Crippen LogP contribution in [0.1, 0.15) is 34.2 Å². The molecule has 16 heteroatoms. The van der Waals surface area contributed by atoms with E-state index >= 15 is 0 Å². The predicted molar refractivity (Wildman–Crippen MR) is 87.8 cm³/mol. The normalized spacial score (nSPS) is 13.5. The van der Waals surface area contributed by atoms with Gasteiger partial charge in [-0.2, -0.15) is 39.5 Å². The van der Waals surface area contributed by atoms with Crippen molar-refractivity contribution in [1.82, 2.24) is 29.1 Å². The number of alkyl halides is 9. The van der Waals surface area contributed by atoms with Crippen LogP contribution in [-0.4, -0.2) is 36.2 Å². The Labute approximate surface area is 168 Å². The predicted octanol–water partition coefficient (Wildman–Crippen LogP) is 4.19. The highest BCUT2D eigenvalue weighted by Crippen LogP contribution is 2.34. The summed E-state index contributed by atoms with van der Waals surface area (Å²) in [6, 6.07) is 1.61. The fourth-order valence-corrected chi connectivity index (χ4v) is 2.98. The van der Waals surface area contributed by atoms with Gasteiger partial charge in [-0.15, -0.1) is 0 Å². The zero-order chi connectivity index (χ0) is 23.5. The third-order valence-electron chi connectivity index (χ3n) is 4.17. The summed E-state index contributed by atoms with van der Waals surface area (Å²) in [6.45, 7) is 3.36. The number of rotatable bonds is 3. The van der Waals surface area contributed by atoms with Crippen LogP contribution in [0.15, 0.2) is 18.2 Å². The molecule has 3 aromatic rings. The number of halogens is 9. The molecule has 0 saturated carbocycles. The van der Waals surface area contributed by atoms with Crippen molar-refractivity contribution in [2.24, 2.45) is 0 Å². The standard InChI is InChI=1S/C15H12BF9N6/c1-7-4-11(14(20,21)22)30(26-7)16(29-9(3)6-10(28-29)13(17,18)19)31-12(15(23,24)25)5-8(2)27-31/h4-6H,1-3H3/q-1. The molecule has 31 heavy (non-hydrogen) atoms. The summed E-state index contributed by atoms with van der Waals surface area (Å²) in [5, 5.41) is 10.4. The van der Waals surface area contributed by atoms with E-state index < -0.39 is 42.7 Å². The van der Waals surface area contributed by atoms with E-state index in [1.54, 1.807) is 0 Å². The molecule has 1 radical (unpaired) electrons. The Morgan fingerprint density at radius 2 is 1.03 bits per heavy atom. The first-order valence-electron chi connectivity index (χ1n) is 8.40. The molecule has 0 bridgehead atoms. The van der Waals surface area contributed by atoms with Crippen LogP contribution >= 0.6 is 0 Å². The molecule has 0 unspecified atom stereocenters. The number of nitrogens with zero attached hydrogens (tertiary/aromatic N) is 6. The van der Waals surface area contributed by atoms with E-state index in [9.17, 15) is 39.5 Å². The Hall–Kier alpha value is -2.94. The molecule has 3 aromatic heterocycles. The third-order valence-corrected chi connectivity index (χ3v) is 4.17. The molecule has 0 aliphatic rings. The first kappa shape index (κ1) is 22.7. The lowest BCUT2D eigenvalue weighted by atomic mass is 9.92. The fraction of sp³-hybridized carbons (Fsp3) is 0.400. The smallest absolute Gasteiger partial charge is 0.422 e. The van der Waals surface area contributed by atoms with Crippen LogP contribution in [0.4, 0.5) is 39.5 Å². The van der Waals surface area contributed by atoms with E-state index in [2.05, 4.69) is 15.3 Å². The van der Waals surface area contributed by atoms with Gasteiger partial charge in [0.2, 0.25) is 0 Å². The van der Waals surface area contributed by atoms with Crippen LogP contribution in [0.2, 0.25) is 0 Å². The molecule has 3 heterocycles. The van der Waals surface area contributed by atoms with Gasteiger partial charge in [-0.1, -0.05) is 0 Å². The Morgan fingerprint density at radius 3 is 1.35 bits per heavy atom. The van der Waals surface area contributed by atoms with E-state index in [0.717, 1.165) is 20.8 Å². The second-order valence-corrected chi connectivity index (χ2v) is 6.69. The molecule has 3 rings (SSSR count). The van der Waals surface area contributed by atoms with Gasteiger partial charge in [0.15, 0.2) is 5.69 Å². The largest absolute Gasteiger partial charge is 0.435 e. The first-order chi connectivity index (χ1) is 14.0. The molecule has 0 fully saturated rings. The van der Waals surface area contributed by atoms with E-state index in [1.165, 1.54) is 0 Å². The summed E-state index contributed by atoms with van der Waals surface area (Å²) in [6.07, 6.45) is -15.1. The van der Waals surface area contributed by atoms with Gasteiger partial charge in [0.1, 0.15) is 11.4 Å². The minimum Gasteiger partial charge on any atom is -0.422 e. The summed E-state index contributed by atoms with van der Waals surface area (Å²) < 4.78 is 121. The van der Waals surface area contributed by atoms with Crippen molar-refractivity contribution in [3.8, 4) is 0 Å². The summed E-state index contributed by atoms with van der Waals surface area (Å²) in [4.78, 5) is 0. The van der Waals surface area contributed by atoms with Crippen molar-refractivity contribution < 1.29 is 39.5 Å². The molecular formula is C15H12BF9N6-. The molecule has 169 valence electrons. The van der Waals surface area contributed by atoms with Crippen LogP contribution < -0.4 is 0 Å². The maximum absolute atomic E-state index is 13.6. The average Bonchev–Trinajstić information content (AvgIpc) is 3.25. The van der Waals surface area contributed by atoms with Gasteiger partial charge < -0.3 is 13.8 Å². The Morgan fingerprint density at radius 1 is 0.613 bits per heavy atom. The lowest BCUT2D eigenvalue weighted by Gasteiger charge is -2.34. The highest BCUT2D eigenvalue weighted by atomic mass is 19.4. The zero-order valence-electron chi connectivity index (χ0n) is 15.9. The Bertz CT molecular complexity index is 1040. The van der Waals surface area contributed by atoms with Crippen LogP contribution in [0, 0.1) is 20.8 Å². The summed E-state index contributed by atoms with van der Waals surface area (Å²) in [7, 11) is -2.26. The molecule has 0 aliphatic heterocycles. The molecule has 0 aliphatic carbocycles. The second kappa shape index (κ2) is 7.05. The molecule has 0 aromatic carbocycles. The van der Waals surface area contributed by atoms with Crippen LogP contribution in [0.25, 0.3) is 0 Å². The first-order valence-corrected chi connectivity index (χ1v) is 8.40. The molecule has 0 amide bonds. The Balaban J connectivity index is 2.38. The van der Waals surface area contributed by atoms with Crippen LogP contribution in [0.5, 0.6) is 0 Å². The van der Waals surface area contributed by atoms with E-state index in [4.69, 9.17) is 0 Å². The third kappa shape index (κ3) is 4.28. The maximum Gasteiger partial charge on any atom is 0.435 e. The molecule has 0 atom stereocenters. The van der Waals surface area contributed by atoms with E-state index in [0.29, 0.717) is 22.8 Å². The van der Waals surface area contributed by atoms with Gasteiger partial charge in [0.25, 0.3) is 7.12 Å². The topological polar surface area (TPSA) is 53.5 Å². The fourth-order valence-electron chi connectivity index (χ4n) is 2.98. The highest BCUT2D eigenvalue weighted by Gasteiger charge is 2.40. The van der Waals surface area contributed by atoms with E-state index in [1.807, 2.05) is 0 Å². The second-order valence-electron chi connectivity index (χ2n) is 6.69. The van der Waals surface area contributed by atoms with Gasteiger partial charge in [0, 0.05) is 0 Å². The van der Waals surface area contributed by atoms with Gasteiger partial charge in [-0.05, 0) is 44.7 Å². The molecule has 6 nitrogen and oxygen atoms in total. The quantitative estimate of drug-likeness (QED) is 0.437. The van der Waals surface area contributed by atoms with Crippen LogP contribution in [-0.2, 0) is 18.5 Å². The van der Waals surface area contributed by atoms with Crippen molar-refractivity contribution in [1.29, 1.82) is 0 Å². The minimum absolute atomic E-state index is 0.122.